The highest BCUT2D eigenvalue weighted by molar-refractivity contribution is 8.03. The Balaban J connectivity index is 1.80. The zero-order valence-corrected chi connectivity index (χ0v) is 9.22. The molecule has 0 bridgehead atoms. The van der Waals surface area contributed by atoms with Gasteiger partial charge in [0.2, 0.25) is 0 Å². The van der Waals surface area contributed by atoms with E-state index in [0.717, 1.165) is 0 Å². The van der Waals surface area contributed by atoms with E-state index in [-0.39, 0.29) is 0 Å². The van der Waals surface area contributed by atoms with Crippen LogP contribution < -0.4 is 0 Å². The van der Waals surface area contributed by atoms with Crippen LogP contribution in [0.5, 0.6) is 0 Å². The van der Waals surface area contributed by atoms with Crippen molar-refractivity contribution < 1.29 is 0 Å². The van der Waals surface area contributed by atoms with Gasteiger partial charge in [-0.05, 0) is 41.9 Å². The minimum absolute atomic E-state index is 1.19. The maximum absolute atomic E-state index is 2.42. The quantitative estimate of drug-likeness (QED) is 0.716. The van der Waals surface area contributed by atoms with E-state index in [1.807, 2.05) is 11.8 Å². The topological polar surface area (TPSA) is 0 Å². The molecule has 1 fully saturated rings. The van der Waals surface area contributed by atoms with Gasteiger partial charge in [-0.25, -0.2) is 0 Å². The van der Waals surface area contributed by atoms with Gasteiger partial charge in [0.15, 0.2) is 0 Å². The molecule has 0 N–H and O–H groups in total. The van der Waals surface area contributed by atoms with Crippen LogP contribution >= 0.6 is 11.8 Å². The average Bonchev–Trinajstić information content (AvgIpc) is 2.72. The number of rotatable bonds is 3. The van der Waals surface area contributed by atoms with Gasteiger partial charge in [0.1, 0.15) is 0 Å². The van der Waals surface area contributed by atoms with Gasteiger partial charge in [0, 0.05) is 0 Å². The normalized spacial score (nSPS) is 19.0. The van der Waals surface area contributed by atoms with Gasteiger partial charge in [-0.2, -0.15) is 0 Å². The summed E-state index contributed by atoms with van der Waals surface area (Å²) in [6.45, 7) is 0. The SMILES string of the molecule is C(/CCc1ccccc1)=C1\CCCS1. The van der Waals surface area contributed by atoms with Crippen LogP contribution in [0.15, 0.2) is 41.3 Å². The third-order valence-corrected chi connectivity index (χ3v) is 3.74. The summed E-state index contributed by atoms with van der Waals surface area (Å²) in [5.41, 5.74) is 1.45. The van der Waals surface area contributed by atoms with Crippen LogP contribution in [0, 0.1) is 0 Å². The Kier molecular flexibility index (Phi) is 3.70. The van der Waals surface area contributed by atoms with Gasteiger partial charge in [-0.3, -0.25) is 0 Å². The molecule has 0 saturated carbocycles. The van der Waals surface area contributed by atoms with E-state index < -0.39 is 0 Å². The molecule has 0 aliphatic carbocycles. The molecule has 1 heteroatoms. The van der Waals surface area contributed by atoms with E-state index in [2.05, 4.69) is 36.4 Å². The summed E-state index contributed by atoms with van der Waals surface area (Å²) < 4.78 is 0. The van der Waals surface area contributed by atoms with Crippen molar-refractivity contribution >= 4 is 11.8 Å². The maximum Gasteiger partial charge on any atom is -0.00200 e. The van der Waals surface area contributed by atoms with E-state index in [1.165, 1.54) is 37.0 Å². The Labute approximate surface area is 90.4 Å². The fourth-order valence-electron chi connectivity index (χ4n) is 1.73. The van der Waals surface area contributed by atoms with E-state index in [4.69, 9.17) is 0 Å². The van der Waals surface area contributed by atoms with E-state index in [1.54, 1.807) is 4.91 Å². The van der Waals surface area contributed by atoms with Crippen molar-refractivity contribution in [2.45, 2.75) is 25.7 Å². The van der Waals surface area contributed by atoms with Crippen LogP contribution in [0.3, 0.4) is 0 Å². The first-order valence-electron chi connectivity index (χ1n) is 5.31. The minimum atomic E-state index is 1.19. The molecule has 1 aliphatic rings. The molecule has 0 nitrogen and oxygen atoms in total. The zero-order valence-electron chi connectivity index (χ0n) is 8.41. The molecule has 0 unspecified atom stereocenters. The molecular formula is C13H16S. The largest absolute Gasteiger partial charge is 0.131 e. The van der Waals surface area contributed by atoms with Crippen molar-refractivity contribution in [3.63, 3.8) is 0 Å². The Morgan fingerprint density at radius 3 is 2.79 bits per heavy atom. The molecule has 1 aromatic carbocycles. The van der Waals surface area contributed by atoms with Gasteiger partial charge >= 0.3 is 0 Å². The van der Waals surface area contributed by atoms with Gasteiger partial charge in [-0.15, -0.1) is 11.8 Å². The lowest BCUT2D eigenvalue weighted by atomic mass is 10.1. The van der Waals surface area contributed by atoms with Gasteiger partial charge in [0.25, 0.3) is 0 Å². The first kappa shape index (κ1) is 9.85. The molecule has 0 amide bonds. The molecule has 0 radical (unpaired) electrons. The fourth-order valence-corrected chi connectivity index (χ4v) is 2.80. The fraction of sp³-hybridized carbons (Fsp3) is 0.385. The highest BCUT2D eigenvalue weighted by Crippen LogP contribution is 2.30. The third-order valence-electron chi connectivity index (χ3n) is 2.50. The van der Waals surface area contributed by atoms with Crippen LogP contribution in [0.2, 0.25) is 0 Å². The zero-order chi connectivity index (χ0) is 9.64. The van der Waals surface area contributed by atoms with Crippen LogP contribution in [-0.2, 0) is 6.42 Å². The van der Waals surface area contributed by atoms with Crippen molar-refractivity contribution in [3.05, 3.63) is 46.9 Å². The molecule has 2 rings (SSSR count). The highest BCUT2D eigenvalue weighted by Gasteiger charge is 2.05. The predicted octanol–water partition coefficient (Wildman–Crippen LogP) is 4.03. The Morgan fingerprint density at radius 1 is 1.21 bits per heavy atom. The molecule has 14 heavy (non-hydrogen) atoms. The summed E-state index contributed by atoms with van der Waals surface area (Å²) in [7, 11) is 0. The first-order valence-corrected chi connectivity index (χ1v) is 6.29. The Hall–Kier alpha value is -0.690. The summed E-state index contributed by atoms with van der Waals surface area (Å²) in [5.74, 6) is 1.33. The summed E-state index contributed by atoms with van der Waals surface area (Å²) >= 11 is 2.04. The first-order chi connectivity index (χ1) is 6.95. The lowest BCUT2D eigenvalue weighted by Crippen LogP contribution is -1.82. The summed E-state index contributed by atoms with van der Waals surface area (Å²) in [6, 6.07) is 10.7. The smallest absolute Gasteiger partial charge is 0.00200 e. The third kappa shape index (κ3) is 2.91. The number of allylic oxidation sites excluding steroid dienone is 2. The molecule has 0 spiro atoms. The predicted molar refractivity (Wildman–Crippen MR) is 64.5 cm³/mol. The molecular weight excluding hydrogens is 188 g/mol. The lowest BCUT2D eigenvalue weighted by Gasteiger charge is -1.98. The Morgan fingerprint density at radius 2 is 2.07 bits per heavy atom. The molecule has 1 heterocycles. The van der Waals surface area contributed by atoms with Gasteiger partial charge in [-0.1, -0.05) is 36.4 Å². The summed E-state index contributed by atoms with van der Waals surface area (Å²) in [5, 5.41) is 0. The standard InChI is InChI=1S/C13H16S/c1-2-6-12(7-3-1)8-4-9-13-10-5-11-14-13/h1-3,6-7,9H,4-5,8,10-11H2/b13-9-. The van der Waals surface area contributed by atoms with Gasteiger partial charge in [0.05, 0.1) is 0 Å². The van der Waals surface area contributed by atoms with E-state index in [9.17, 15) is 0 Å². The molecule has 0 atom stereocenters. The second-order valence-electron chi connectivity index (χ2n) is 3.65. The monoisotopic (exact) mass is 204 g/mol. The molecule has 74 valence electrons. The number of aryl methyl sites for hydroxylation is 1. The molecule has 1 aliphatic heterocycles. The van der Waals surface area contributed by atoms with Crippen LogP contribution in [0.1, 0.15) is 24.8 Å². The van der Waals surface area contributed by atoms with Crippen LogP contribution in [0.4, 0.5) is 0 Å². The van der Waals surface area contributed by atoms with Crippen molar-refractivity contribution in [1.29, 1.82) is 0 Å². The molecule has 1 saturated heterocycles. The Bertz CT molecular complexity index is 292. The molecule has 1 aromatic rings. The van der Waals surface area contributed by atoms with Crippen molar-refractivity contribution in [2.75, 3.05) is 5.75 Å². The van der Waals surface area contributed by atoms with Crippen molar-refractivity contribution in [1.82, 2.24) is 0 Å². The summed E-state index contributed by atoms with van der Waals surface area (Å²) in [6.07, 6.45) is 7.50. The van der Waals surface area contributed by atoms with Crippen LogP contribution in [-0.4, -0.2) is 5.75 Å². The lowest BCUT2D eigenvalue weighted by molar-refractivity contribution is 0.958. The second-order valence-corrected chi connectivity index (χ2v) is 4.87. The van der Waals surface area contributed by atoms with Crippen molar-refractivity contribution in [3.8, 4) is 0 Å². The highest BCUT2D eigenvalue weighted by atomic mass is 32.2. The van der Waals surface area contributed by atoms with E-state index >= 15 is 0 Å². The van der Waals surface area contributed by atoms with Crippen molar-refractivity contribution in [2.24, 2.45) is 0 Å². The number of hydrogen-bond donors (Lipinski definition) is 0. The van der Waals surface area contributed by atoms with Gasteiger partial charge < -0.3 is 0 Å². The molecule has 0 aromatic heterocycles. The minimum Gasteiger partial charge on any atom is -0.131 e. The number of benzene rings is 1. The number of hydrogen-bond acceptors (Lipinski definition) is 1. The van der Waals surface area contributed by atoms with Crippen LogP contribution in [0.25, 0.3) is 0 Å². The van der Waals surface area contributed by atoms with E-state index in [0.29, 0.717) is 0 Å². The second kappa shape index (κ2) is 5.26. The summed E-state index contributed by atoms with van der Waals surface area (Å²) in [4.78, 5) is 1.61. The average molecular weight is 204 g/mol. The number of thioether (sulfide) groups is 1. The maximum atomic E-state index is 2.42.